The monoisotopic (exact) mass is 299 g/mol. The van der Waals surface area contributed by atoms with Crippen molar-refractivity contribution in [2.75, 3.05) is 13.8 Å². The molecule has 6 nitrogen and oxygen atoms in total. The number of aryl methyl sites for hydroxylation is 1. The highest BCUT2D eigenvalue weighted by atomic mass is 16.7. The Morgan fingerprint density at radius 3 is 3.00 bits per heavy atom. The molecule has 0 radical (unpaired) electrons. The Labute approximate surface area is 128 Å². The van der Waals surface area contributed by atoms with Gasteiger partial charge in [0.2, 0.25) is 12.7 Å². The maximum absolute atomic E-state index is 12.1. The second-order valence-corrected chi connectivity index (χ2v) is 5.16. The first-order chi connectivity index (χ1) is 10.6. The number of fused-ring (bicyclic) bond motifs is 1. The summed E-state index contributed by atoms with van der Waals surface area (Å²) < 4.78 is 12.3. The molecule has 0 fully saturated rings. The van der Waals surface area contributed by atoms with Crippen molar-refractivity contribution in [3.63, 3.8) is 0 Å². The number of carbonyl (C=O) groups excluding carboxylic acids is 1. The summed E-state index contributed by atoms with van der Waals surface area (Å²) in [5, 5.41) is 4.06. The van der Waals surface area contributed by atoms with Gasteiger partial charge in [-0.3, -0.25) is 9.48 Å². The van der Waals surface area contributed by atoms with E-state index in [0.29, 0.717) is 6.54 Å². The lowest BCUT2D eigenvalue weighted by Gasteiger charge is -2.15. The van der Waals surface area contributed by atoms with Gasteiger partial charge in [-0.15, -0.1) is 0 Å². The largest absolute Gasteiger partial charge is 0.454 e. The summed E-state index contributed by atoms with van der Waals surface area (Å²) in [5.74, 6) is 1.40. The van der Waals surface area contributed by atoms with Gasteiger partial charge < -0.3 is 14.4 Å². The van der Waals surface area contributed by atoms with E-state index in [9.17, 15) is 4.79 Å². The van der Waals surface area contributed by atoms with E-state index in [2.05, 4.69) is 5.10 Å². The lowest BCUT2D eigenvalue weighted by atomic mass is 10.2. The number of carbonyl (C=O) groups is 1. The summed E-state index contributed by atoms with van der Waals surface area (Å²) in [7, 11) is 3.60. The quantitative estimate of drug-likeness (QED) is 0.808. The average Bonchev–Trinajstić information content (AvgIpc) is 3.12. The fourth-order valence-corrected chi connectivity index (χ4v) is 2.21. The molecular weight excluding hydrogens is 282 g/mol. The van der Waals surface area contributed by atoms with Gasteiger partial charge >= 0.3 is 0 Å². The molecule has 2 heterocycles. The van der Waals surface area contributed by atoms with Gasteiger partial charge in [-0.05, 0) is 23.8 Å². The molecular formula is C16H17N3O3. The van der Waals surface area contributed by atoms with Crippen LogP contribution in [-0.4, -0.2) is 34.4 Å². The molecule has 0 saturated heterocycles. The van der Waals surface area contributed by atoms with Crippen LogP contribution in [0.3, 0.4) is 0 Å². The predicted molar refractivity (Wildman–Crippen MR) is 81.3 cm³/mol. The molecule has 1 aromatic heterocycles. The van der Waals surface area contributed by atoms with Crippen LogP contribution in [0.25, 0.3) is 6.08 Å². The highest BCUT2D eigenvalue weighted by Crippen LogP contribution is 2.32. The number of rotatable bonds is 4. The average molecular weight is 299 g/mol. The number of ether oxygens (including phenoxy) is 2. The molecule has 0 unspecified atom stereocenters. The van der Waals surface area contributed by atoms with Gasteiger partial charge in [0, 0.05) is 38.5 Å². The SMILES string of the molecule is CN(Cc1ccc2c(c1)OCO2)C(=O)C=Cc1cnn(C)c1. The molecule has 0 saturated carbocycles. The highest BCUT2D eigenvalue weighted by molar-refractivity contribution is 5.91. The minimum Gasteiger partial charge on any atom is -0.454 e. The first-order valence-corrected chi connectivity index (χ1v) is 6.92. The van der Waals surface area contributed by atoms with Crippen LogP contribution in [0.2, 0.25) is 0 Å². The number of aromatic nitrogens is 2. The molecule has 0 N–H and O–H groups in total. The third-order valence-corrected chi connectivity index (χ3v) is 3.38. The summed E-state index contributed by atoms with van der Waals surface area (Å²) in [4.78, 5) is 13.8. The molecule has 0 aliphatic carbocycles. The van der Waals surface area contributed by atoms with Crippen molar-refractivity contribution < 1.29 is 14.3 Å². The summed E-state index contributed by atoms with van der Waals surface area (Å²) in [5.41, 5.74) is 1.89. The smallest absolute Gasteiger partial charge is 0.246 e. The number of nitrogens with zero attached hydrogens (tertiary/aromatic N) is 3. The van der Waals surface area contributed by atoms with Gasteiger partial charge in [0.25, 0.3) is 0 Å². The third-order valence-electron chi connectivity index (χ3n) is 3.38. The Hall–Kier alpha value is -2.76. The number of benzene rings is 1. The van der Waals surface area contributed by atoms with Crippen LogP contribution < -0.4 is 9.47 Å². The standard InChI is InChI=1S/C16H17N3O3/c1-18(16(20)6-4-13-8-17-19(2)10-13)9-12-3-5-14-15(7-12)22-11-21-14/h3-8,10H,9,11H2,1-2H3. The maximum Gasteiger partial charge on any atom is 0.246 e. The van der Waals surface area contributed by atoms with E-state index in [1.165, 1.54) is 0 Å². The second-order valence-electron chi connectivity index (χ2n) is 5.16. The zero-order valence-electron chi connectivity index (χ0n) is 12.5. The van der Waals surface area contributed by atoms with Crippen molar-refractivity contribution >= 4 is 12.0 Å². The molecule has 1 aliphatic heterocycles. The lowest BCUT2D eigenvalue weighted by molar-refractivity contribution is -0.125. The van der Waals surface area contributed by atoms with Gasteiger partial charge in [-0.25, -0.2) is 0 Å². The first-order valence-electron chi connectivity index (χ1n) is 6.92. The van der Waals surface area contributed by atoms with Crippen molar-refractivity contribution in [2.24, 2.45) is 7.05 Å². The minimum absolute atomic E-state index is 0.0680. The van der Waals surface area contributed by atoms with E-state index in [1.807, 2.05) is 31.4 Å². The van der Waals surface area contributed by atoms with E-state index in [-0.39, 0.29) is 12.7 Å². The van der Waals surface area contributed by atoms with Crippen LogP contribution in [0, 0.1) is 0 Å². The molecule has 6 heteroatoms. The Kier molecular flexibility index (Phi) is 3.82. The number of likely N-dealkylation sites (N-methyl/N-ethyl adjacent to an activating group) is 1. The Balaban J connectivity index is 1.62. The zero-order valence-corrected chi connectivity index (χ0v) is 12.5. The Morgan fingerprint density at radius 1 is 1.41 bits per heavy atom. The normalized spacial score (nSPS) is 12.8. The highest BCUT2D eigenvalue weighted by Gasteiger charge is 2.14. The van der Waals surface area contributed by atoms with Gasteiger partial charge in [0.1, 0.15) is 0 Å². The minimum atomic E-state index is -0.0680. The van der Waals surface area contributed by atoms with Crippen LogP contribution in [0.4, 0.5) is 0 Å². The van der Waals surface area contributed by atoms with E-state index in [1.54, 1.807) is 35.0 Å². The molecule has 1 aromatic carbocycles. The topological polar surface area (TPSA) is 56.6 Å². The van der Waals surface area contributed by atoms with E-state index in [4.69, 9.17) is 9.47 Å². The van der Waals surface area contributed by atoms with Gasteiger partial charge in [0.05, 0.1) is 6.20 Å². The van der Waals surface area contributed by atoms with Gasteiger partial charge in [-0.1, -0.05) is 6.07 Å². The second kappa shape index (κ2) is 5.93. The number of amides is 1. The van der Waals surface area contributed by atoms with Crippen LogP contribution >= 0.6 is 0 Å². The third kappa shape index (κ3) is 3.11. The Bertz CT molecular complexity index is 721. The summed E-state index contributed by atoms with van der Waals surface area (Å²) in [6.45, 7) is 0.758. The van der Waals surface area contributed by atoms with Crippen molar-refractivity contribution in [1.29, 1.82) is 0 Å². The van der Waals surface area contributed by atoms with E-state index in [0.717, 1.165) is 22.6 Å². The molecule has 0 atom stereocenters. The van der Waals surface area contributed by atoms with Crippen LogP contribution in [0.5, 0.6) is 11.5 Å². The van der Waals surface area contributed by atoms with Crippen molar-refractivity contribution in [3.8, 4) is 11.5 Å². The number of hydrogen-bond acceptors (Lipinski definition) is 4. The summed E-state index contributed by atoms with van der Waals surface area (Å²) >= 11 is 0. The van der Waals surface area contributed by atoms with E-state index >= 15 is 0 Å². The Morgan fingerprint density at radius 2 is 2.23 bits per heavy atom. The van der Waals surface area contributed by atoms with Crippen molar-refractivity contribution in [3.05, 3.63) is 47.8 Å². The maximum atomic E-state index is 12.1. The number of hydrogen-bond donors (Lipinski definition) is 0. The van der Waals surface area contributed by atoms with Gasteiger partial charge in [-0.2, -0.15) is 5.10 Å². The predicted octanol–water partition coefficient (Wildman–Crippen LogP) is 1.82. The summed E-state index contributed by atoms with van der Waals surface area (Å²) in [6, 6.07) is 5.69. The molecule has 2 aromatic rings. The van der Waals surface area contributed by atoms with Crippen LogP contribution in [0.15, 0.2) is 36.7 Å². The van der Waals surface area contributed by atoms with Crippen LogP contribution in [-0.2, 0) is 18.4 Å². The van der Waals surface area contributed by atoms with Gasteiger partial charge in [0.15, 0.2) is 11.5 Å². The molecule has 1 aliphatic rings. The van der Waals surface area contributed by atoms with Crippen molar-refractivity contribution in [1.82, 2.24) is 14.7 Å². The lowest BCUT2D eigenvalue weighted by Crippen LogP contribution is -2.24. The van der Waals surface area contributed by atoms with Crippen molar-refractivity contribution in [2.45, 2.75) is 6.54 Å². The van der Waals surface area contributed by atoms with Crippen LogP contribution in [0.1, 0.15) is 11.1 Å². The molecule has 0 spiro atoms. The fourth-order valence-electron chi connectivity index (χ4n) is 2.21. The molecule has 1 amide bonds. The molecule has 0 bridgehead atoms. The molecule has 114 valence electrons. The van der Waals surface area contributed by atoms with E-state index < -0.39 is 0 Å². The first kappa shape index (κ1) is 14.2. The molecule has 3 rings (SSSR count). The summed E-state index contributed by atoms with van der Waals surface area (Å²) in [6.07, 6.45) is 6.86. The zero-order chi connectivity index (χ0) is 15.5. The fraction of sp³-hybridized carbons (Fsp3) is 0.250. The molecule has 22 heavy (non-hydrogen) atoms.